The Kier molecular flexibility index (Phi) is 3.13. The van der Waals surface area contributed by atoms with Crippen molar-refractivity contribution in [3.8, 4) is 0 Å². The van der Waals surface area contributed by atoms with Crippen molar-refractivity contribution in [2.24, 2.45) is 0 Å². The minimum absolute atomic E-state index is 0.369. The van der Waals surface area contributed by atoms with Gasteiger partial charge in [0.25, 0.3) is 0 Å². The molecule has 2 aliphatic rings. The number of nitrogens with zero attached hydrogens (tertiary/aromatic N) is 2. The van der Waals surface area contributed by atoms with Gasteiger partial charge in [-0.15, -0.1) is 0 Å². The van der Waals surface area contributed by atoms with E-state index in [2.05, 4.69) is 27.1 Å². The molecule has 3 rings (SSSR count). The number of nitrogens with one attached hydrogen (secondary N) is 2. The van der Waals surface area contributed by atoms with Gasteiger partial charge >= 0.3 is 0 Å². The van der Waals surface area contributed by atoms with Crippen LogP contribution in [0.15, 0.2) is 6.33 Å². The van der Waals surface area contributed by atoms with Gasteiger partial charge in [0.15, 0.2) is 0 Å². The van der Waals surface area contributed by atoms with Crippen LogP contribution in [0.25, 0.3) is 0 Å². The van der Waals surface area contributed by atoms with Crippen molar-refractivity contribution in [2.75, 3.05) is 26.2 Å². The molecule has 0 amide bonds. The molecule has 0 aliphatic carbocycles. The lowest BCUT2D eigenvalue weighted by Crippen LogP contribution is -2.49. The van der Waals surface area contributed by atoms with E-state index in [-0.39, 0.29) is 0 Å². The smallest absolute Gasteiger partial charge is 0.0925 e. The second-order valence-corrected chi connectivity index (χ2v) is 5.05. The van der Waals surface area contributed by atoms with Crippen LogP contribution in [0.1, 0.15) is 18.3 Å². The summed E-state index contributed by atoms with van der Waals surface area (Å²) in [6, 6.07) is 0.524. The first kappa shape index (κ1) is 11.2. The van der Waals surface area contributed by atoms with Crippen molar-refractivity contribution in [1.29, 1.82) is 0 Å². The van der Waals surface area contributed by atoms with Crippen LogP contribution in [0.4, 0.5) is 0 Å². The normalized spacial score (nSPS) is 30.2. The van der Waals surface area contributed by atoms with Crippen molar-refractivity contribution >= 4 is 0 Å². The lowest BCUT2D eigenvalue weighted by Gasteiger charge is -2.35. The predicted octanol–water partition coefficient (Wildman–Crippen LogP) is 0.145. The first-order chi connectivity index (χ1) is 8.31. The molecule has 2 aliphatic heterocycles. The highest BCUT2D eigenvalue weighted by Crippen LogP contribution is 2.14. The van der Waals surface area contributed by atoms with Crippen molar-refractivity contribution < 1.29 is 4.74 Å². The van der Waals surface area contributed by atoms with E-state index in [9.17, 15) is 0 Å². The van der Waals surface area contributed by atoms with Gasteiger partial charge in [0, 0.05) is 38.6 Å². The molecule has 17 heavy (non-hydrogen) atoms. The maximum absolute atomic E-state index is 5.56. The summed E-state index contributed by atoms with van der Waals surface area (Å²) in [4.78, 5) is 10.0. The third-order valence-electron chi connectivity index (χ3n) is 3.62. The van der Waals surface area contributed by atoms with E-state index in [0.717, 1.165) is 39.2 Å². The molecule has 0 spiro atoms. The zero-order valence-electron chi connectivity index (χ0n) is 10.3. The maximum Gasteiger partial charge on any atom is 0.0925 e. The minimum Gasteiger partial charge on any atom is -0.376 e. The van der Waals surface area contributed by atoms with Crippen molar-refractivity contribution in [1.82, 2.24) is 20.2 Å². The molecule has 3 heterocycles. The summed E-state index contributed by atoms with van der Waals surface area (Å²) in [6.45, 7) is 7.12. The Morgan fingerprint density at radius 3 is 3.41 bits per heavy atom. The Hall–Kier alpha value is -0.910. The third kappa shape index (κ3) is 2.51. The number of fused-ring (bicyclic) bond motifs is 1. The fourth-order valence-electron chi connectivity index (χ4n) is 2.73. The van der Waals surface area contributed by atoms with Crippen LogP contribution in [-0.4, -0.2) is 53.3 Å². The summed E-state index contributed by atoms with van der Waals surface area (Å²) >= 11 is 0. The van der Waals surface area contributed by atoms with Crippen molar-refractivity contribution in [3.05, 3.63) is 17.7 Å². The van der Waals surface area contributed by atoms with Crippen LogP contribution >= 0.6 is 0 Å². The van der Waals surface area contributed by atoms with Gasteiger partial charge in [0.2, 0.25) is 0 Å². The average Bonchev–Trinajstić information content (AvgIpc) is 2.76. The van der Waals surface area contributed by atoms with Crippen LogP contribution in [0.3, 0.4) is 0 Å². The van der Waals surface area contributed by atoms with E-state index in [1.54, 1.807) is 6.33 Å². The van der Waals surface area contributed by atoms with Gasteiger partial charge in [-0.05, 0) is 6.92 Å². The molecular formula is C12H20N4O. The molecule has 94 valence electrons. The first-order valence-electron chi connectivity index (χ1n) is 6.39. The van der Waals surface area contributed by atoms with Gasteiger partial charge in [-0.1, -0.05) is 0 Å². The number of hydrogen-bond donors (Lipinski definition) is 2. The molecule has 0 saturated carbocycles. The quantitative estimate of drug-likeness (QED) is 0.767. The zero-order valence-corrected chi connectivity index (χ0v) is 10.3. The Bertz CT molecular complexity index is 378. The molecular weight excluding hydrogens is 216 g/mol. The second kappa shape index (κ2) is 4.76. The van der Waals surface area contributed by atoms with Gasteiger partial charge in [-0.2, -0.15) is 0 Å². The molecule has 2 N–H and O–H groups in total. The fraction of sp³-hybridized carbons (Fsp3) is 0.750. The fourth-order valence-corrected chi connectivity index (χ4v) is 2.73. The van der Waals surface area contributed by atoms with Crippen molar-refractivity contribution in [3.63, 3.8) is 0 Å². The van der Waals surface area contributed by atoms with Gasteiger partial charge in [0.05, 0.1) is 30.4 Å². The summed E-state index contributed by atoms with van der Waals surface area (Å²) in [6.07, 6.45) is 3.20. The van der Waals surface area contributed by atoms with E-state index in [4.69, 9.17) is 4.74 Å². The molecule has 2 unspecified atom stereocenters. The molecule has 2 atom stereocenters. The number of aromatic nitrogens is 2. The molecule has 0 aromatic carbocycles. The summed E-state index contributed by atoms with van der Waals surface area (Å²) in [7, 11) is 0. The molecule has 0 radical (unpaired) electrons. The summed E-state index contributed by atoms with van der Waals surface area (Å²) in [5.41, 5.74) is 2.48. The van der Waals surface area contributed by atoms with Crippen molar-refractivity contribution in [2.45, 2.75) is 32.0 Å². The number of hydrogen-bond acceptors (Lipinski definition) is 4. The van der Waals surface area contributed by atoms with E-state index >= 15 is 0 Å². The lowest BCUT2D eigenvalue weighted by atomic mass is 10.0. The molecule has 1 fully saturated rings. The van der Waals surface area contributed by atoms with Crippen LogP contribution in [-0.2, 0) is 17.7 Å². The number of ether oxygens (including phenoxy) is 1. The highest BCUT2D eigenvalue weighted by atomic mass is 16.5. The van der Waals surface area contributed by atoms with Crippen LogP contribution < -0.4 is 5.32 Å². The van der Waals surface area contributed by atoms with Gasteiger partial charge < -0.3 is 15.0 Å². The summed E-state index contributed by atoms with van der Waals surface area (Å²) in [5.74, 6) is 0. The molecule has 1 saturated heterocycles. The highest BCUT2D eigenvalue weighted by molar-refractivity contribution is 5.16. The number of imidazole rings is 1. The molecule has 1 aromatic heterocycles. The standard InChI is InChI=1S/C12H20N4O/c1-9-6-16(2-3-17-9)7-10-4-11-12(5-13-10)15-8-14-11/h8-10,13H,2-7H2,1H3,(H,14,15). The topological polar surface area (TPSA) is 53.2 Å². The average molecular weight is 236 g/mol. The van der Waals surface area contributed by atoms with E-state index in [1.165, 1.54) is 11.4 Å². The Balaban J connectivity index is 1.56. The van der Waals surface area contributed by atoms with Gasteiger partial charge in [-0.25, -0.2) is 4.98 Å². The molecule has 5 heteroatoms. The van der Waals surface area contributed by atoms with Gasteiger partial charge in [0.1, 0.15) is 0 Å². The SMILES string of the molecule is CC1CN(CC2Cc3nc[nH]c3CN2)CCO1. The Labute approximate surface area is 102 Å². The minimum atomic E-state index is 0.369. The van der Waals surface area contributed by atoms with Crippen LogP contribution in [0.2, 0.25) is 0 Å². The maximum atomic E-state index is 5.56. The molecule has 5 nitrogen and oxygen atoms in total. The van der Waals surface area contributed by atoms with Gasteiger partial charge in [-0.3, -0.25) is 4.90 Å². The van der Waals surface area contributed by atoms with Crippen LogP contribution in [0.5, 0.6) is 0 Å². The Morgan fingerprint density at radius 1 is 1.59 bits per heavy atom. The predicted molar refractivity (Wildman–Crippen MR) is 64.8 cm³/mol. The molecule has 0 bridgehead atoms. The summed E-state index contributed by atoms with van der Waals surface area (Å²) < 4.78 is 5.56. The zero-order chi connectivity index (χ0) is 11.7. The van der Waals surface area contributed by atoms with Crippen LogP contribution in [0, 0.1) is 0 Å². The number of H-pyrrole nitrogens is 1. The monoisotopic (exact) mass is 236 g/mol. The third-order valence-corrected chi connectivity index (χ3v) is 3.62. The lowest BCUT2D eigenvalue weighted by molar-refractivity contribution is -0.0212. The number of morpholine rings is 1. The largest absolute Gasteiger partial charge is 0.376 e. The van der Waals surface area contributed by atoms with E-state index < -0.39 is 0 Å². The highest BCUT2D eigenvalue weighted by Gasteiger charge is 2.24. The van der Waals surface area contributed by atoms with E-state index in [1.807, 2.05) is 0 Å². The Morgan fingerprint density at radius 2 is 2.53 bits per heavy atom. The summed E-state index contributed by atoms with van der Waals surface area (Å²) in [5, 5.41) is 3.57. The number of rotatable bonds is 2. The first-order valence-corrected chi connectivity index (χ1v) is 6.39. The number of aromatic amines is 1. The van der Waals surface area contributed by atoms with E-state index in [0.29, 0.717) is 12.1 Å². The molecule has 1 aromatic rings. The second-order valence-electron chi connectivity index (χ2n) is 5.05.